The molecule has 3 N–H and O–H groups in total. The van der Waals surface area contributed by atoms with Crippen LogP contribution in [0.3, 0.4) is 0 Å². The predicted molar refractivity (Wildman–Crippen MR) is 156 cm³/mol. The van der Waals surface area contributed by atoms with Gasteiger partial charge < -0.3 is 25.4 Å². The fourth-order valence-electron chi connectivity index (χ4n) is 6.79. The molecule has 2 aromatic rings. The molecule has 222 valence electrons. The van der Waals surface area contributed by atoms with Gasteiger partial charge >= 0.3 is 0 Å². The van der Waals surface area contributed by atoms with E-state index in [0.717, 1.165) is 51.2 Å². The van der Waals surface area contributed by atoms with E-state index in [1.54, 1.807) is 22.5 Å². The van der Waals surface area contributed by atoms with Crippen molar-refractivity contribution in [3.63, 3.8) is 0 Å². The molecule has 1 saturated carbocycles. The van der Waals surface area contributed by atoms with Crippen molar-refractivity contribution in [1.82, 2.24) is 19.8 Å². The lowest BCUT2D eigenvalue weighted by atomic mass is 9.67. The Balaban J connectivity index is 1.25. The number of amides is 3. The lowest BCUT2D eigenvalue weighted by molar-refractivity contribution is -0.133. The average Bonchev–Trinajstić information content (AvgIpc) is 3.40. The molecule has 2 saturated heterocycles. The zero-order chi connectivity index (χ0) is 29.3. The number of nitrogens with zero attached hydrogens (tertiary/aromatic N) is 4. The number of halogens is 2. The quantitative estimate of drug-likeness (QED) is 0.497. The molecule has 3 heterocycles. The topological polar surface area (TPSA) is 114 Å². The number of hydrogen-bond donors (Lipinski definition) is 2. The predicted octanol–water partition coefficient (Wildman–Crippen LogP) is 4.47. The van der Waals surface area contributed by atoms with Crippen molar-refractivity contribution < 1.29 is 18.8 Å². The summed E-state index contributed by atoms with van der Waals surface area (Å²) >= 11 is 6.36. The minimum Gasteiger partial charge on any atom is -0.364 e. The van der Waals surface area contributed by atoms with Crippen molar-refractivity contribution in [2.45, 2.75) is 71.3 Å². The lowest BCUT2D eigenvalue weighted by Crippen LogP contribution is -2.50. The molecule has 1 aromatic heterocycles. The van der Waals surface area contributed by atoms with Gasteiger partial charge in [-0.1, -0.05) is 18.5 Å². The Labute approximate surface area is 245 Å². The van der Waals surface area contributed by atoms with E-state index in [1.165, 1.54) is 12.4 Å². The van der Waals surface area contributed by atoms with E-state index < -0.39 is 23.0 Å². The van der Waals surface area contributed by atoms with Crippen LogP contribution >= 0.6 is 11.6 Å². The number of piperidine rings is 2. The van der Waals surface area contributed by atoms with E-state index >= 15 is 0 Å². The molecular weight excluding hydrogens is 547 g/mol. The zero-order valence-electron chi connectivity index (χ0n) is 23.9. The highest BCUT2D eigenvalue weighted by Gasteiger charge is 2.47. The highest BCUT2D eigenvalue weighted by atomic mass is 35.5. The molecule has 0 radical (unpaired) electrons. The van der Waals surface area contributed by atoms with Gasteiger partial charge in [-0.25, -0.2) is 9.37 Å². The number of nitrogens with two attached hydrogens (primary N) is 1. The van der Waals surface area contributed by atoms with Gasteiger partial charge in [-0.2, -0.15) is 0 Å². The minimum absolute atomic E-state index is 0.0130. The second kappa shape index (κ2) is 12.1. The number of imidazole rings is 1. The standard InChI is InChI=1S/C30H40ClFN6O3/c1-19-6-13-36(14-7-19)15-11-34-28(40)25-26(27(33)39)38(18-35-25)21-4-9-30(10-5-21)8-3-12-37(29(30)41)24-16-20(2)23(32)17-22(24)31/h16-19,21H,3-15H2,1-2H3,(H2,33,39)(H,34,40). The summed E-state index contributed by atoms with van der Waals surface area (Å²) < 4.78 is 15.7. The smallest absolute Gasteiger partial charge is 0.272 e. The van der Waals surface area contributed by atoms with Gasteiger partial charge in [0.15, 0.2) is 5.69 Å². The Morgan fingerprint density at radius 2 is 1.85 bits per heavy atom. The number of likely N-dealkylation sites (tertiary alicyclic amines) is 1. The van der Waals surface area contributed by atoms with E-state index in [1.807, 2.05) is 0 Å². The summed E-state index contributed by atoms with van der Waals surface area (Å²) in [5.41, 5.74) is 6.36. The number of aromatic nitrogens is 2. The van der Waals surface area contributed by atoms with Crippen LogP contribution in [-0.4, -0.2) is 64.9 Å². The third kappa shape index (κ3) is 6.00. The summed E-state index contributed by atoms with van der Waals surface area (Å²) in [7, 11) is 0. The molecule has 2 aliphatic heterocycles. The number of nitrogens with one attached hydrogen (secondary N) is 1. The molecule has 0 bridgehead atoms. The van der Waals surface area contributed by atoms with Crippen molar-refractivity contribution in [3.05, 3.63) is 46.3 Å². The molecular formula is C30H40ClFN6O3. The summed E-state index contributed by atoms with van der Waals surface area (Å²) in [5, 5.41) is 3.13. The van der Waals surface area contributed by atoms with Gasteiger partial charge in [0, 0.05) is 31.1 Å². The second-order valence-corrected chi connectivity index (χ2v) is 12.5. The summed E-state index contributed by atoms with van der Waals surface area (Å²) in [6, 6.07) is 2.81. The maximum Gasteiger partial charge on any atom is 0.272 e. The Hall–Kier alpha value is -2.98. The third-order valence-corrected chi connectivity index (χ3v) is 9.70. The number of carbonyl (C=O) groups excluding carboxylic acids is 3. The largest absolute Gasteiger partial charge is 0.364 e. The van der Waals surface area contributed by atoms with E-state index in [4.69, 9.17) is 17.3 Å². The fraction of sp³-hybridized carbons (Fsp3) is 0.600. The van der Waals surface area contributed by atoms with Crippen molar-refractivity contribution >= 4 is 35.0 Å². The van der Waals surface area contributed by atoms with Gasteiger partial charge in [-0.05, 0) is 95.0 Å². The summed E-state index contributed by atoms with van der Waals surface area (Å²) in [6.45, 7) is 7.74. The number of benzene rings is 1. The van der Waals surface area contributed by atoms with Crippen LogP contribution < -0.4 is 16.0 Å². The van der Waals surface area contributed by atoms with Crippen molar-refractivity contribution in [2.75, 3.05) is 37.6 Å². The number of aryl methyl sites for hydroxylation is 1. The Morgan fingerprint density at radius 3 is 2.54 bits per heavy atom. The number of primary amides is 1. The fourth-order valence-corrected chi connectivity index (χ4v) is 7.04. The zero-order valence-corrected chi connectivity index (χ0v) is 24.7. The molecule has 41 heavy (non-hydrogen) atoms. The van der Waals surface area contributed by atoms with Crippen LogP contribution in [-0.2, 0) is 4.79 Å². The molecule has 1 aliphatic carbocycles. The van der Waals surface area contributed by atoms with E-state index in [2.05, 4.69) is 22.1 Å². The Kier molecular flexibility index (Phi) is 8.70. The molecule has 3 amide bonds. The number of carbonyl (C=O) groups is 3. The van der Waals surface area contributed by atoms with Crippen LogP contribution in [0, 0.1) is 24.1 Å². The summed E-state index contributed by atoms with van der Waals surface area (Å²) in [4.78, 5) is 47.7. The van der Waals surface area contributed by atoms with Gasteiger partial charge in [0.05, 0.1) is 17.0 Å². The Bertz CT molecular complexity index is 1310. The normalized spacial score (nSPS) is 24.1. The summed E-state index contributed by atoms with van der Waals surface area (Å²) in [6.07, 6.45) is 7.96. The highest BCUT2D eigenvalue weighted by Crippen LogP contribution is 2.49. The van der Waals surface area contributed by atoms with Crippen LogP contribution in [0.4, 0.5) is 10.1 Å². The second-order valence-electron chi connectivity index (χ2n) is 12.1. The number of anilines is 1. The van der Waals surface area contributed by atoms with Gasteiger partial charge in [0.25, 0.3) is 11.8 Å². The minimum atomic E-state index is -0.695. The molecule has 9 nitrogen and oxygen atoms in total. The van der Waals surface area contributed by atoms with Gasteiger partial charge in [-0.15, -0.1) is 0 Å². The van der Waals surface area contributed by atoms with Crippen molar-refractivity contribution in [3.8, 4) is 0 Å². The van der Waals surface area contributed by atoms with Crippen LogP contribution in [0.5, 0.6) is 0 Å². The third-order valence-electron chi connectivity index (χ3n) is 9.39. The van der Waals surface area contributed by atoms with Gasteiger partial charge in [-0.3, -0.25) is 14.4 Å². The Morgan fingerprint density at radius 1 is 1.15 bits per heavy atom. The first-order chi connectivity index (χ1) is 19.6. The lowest BCUT2D eigenvalue weighted by Gasteiger charge is -2.46. The van der Waals surface area contributed by atoms with Crippen molar-refractivity contribution in [2.24, 2.45) is 17.1 Å². The SMILES string of the molecule is Cc1cc(N2CCCC3(CCC(n4cnc(C(=O)NCCN5CCC(C)CC5)c4C(N)=O)CC3)C2=O)c(Cl)cc1F. The van der Waals surface area contributed by atoms with Gasteiger partial charge in [0.1, 0.15) is 11.5 Å². The highest BCUT2D eigenvalue weighted by molar-refractivity contribution is 6.34. The maximum absolute atomic E-state index is 14.0. The summed E-state index contributed by atoms with van der Waals surface area (Å²) in [5.74, 6) is -0.739. The first-order valence-corrected chi connectivity index (χ1v) is 15.1. The van der Waals surface area contributed by atoms with Crippen LogP contribution in [0.15, 0.2) is 18.5 Å². The first-order valence-electron chi connectivity index (χ1n) is 14.7. The number of rotatable bonds is 7. The number of hydrogen-bond acceptors (Lipinski definition) is 5. The van der Waals surface area contributed by atoms with E-state index in [0.29, 0.717) is 50.0 Å². The first kappa shape index (κ1) is 29.5. The maximum atomic E-state index is 14.0. The monoisotopic (exact) mass is 586 g/mol. The molecule has 5 rings (SSSR count). The van der Waals surface area contributed by atoms with Crippen molar-refractivity contribution in [1.29, 1.82) is 0 Å². The molecule has 1 spiro atoms. The molecule has 11 heteroatoms. The molecule has 3 fully saturated rings. The molecule has 0 atom stereocenters. The molecule has 3 aliphatic rings. The molecule has 0 unspecified atom stereocenters. The average molecular weight is 587 g/mol. The van der Waals surface area contributed by atoms with E-state index in [9.17, 15) is 18.8 Å². The van der Waals surface area contributed by atoms with Gasteiger partial charge in [0.2, 0.25) is 5.91 Å². The van der Waals surface area contributed by atoms with E-state index in [-0.39, 0.29) is 28.4 Å². The molecule has 1 aromatic carbocycles. The van der Waals surface area contributed by atoms with Crippen LogP contribution in [0.1, 0.15) is 90.9 Å². The van der Waals surface area contributed by atoms with Crippen LogP contribution in [0.2, 0.25) is 5.02 Å². The van der Waals surface area contributed by atoms with Crippen LogP contribution in [0.25, 0.3) is 0 Å².